The van der Waals surface area contributed by atoms with Crippen LogP contribution < -0.4 is 16.4 Å². The Balaban J connectivity index is 2.33. The second kappa shape index (κ2) is 6.37. The van der Waals surface area contributed by atoms with Gasteiger partial charge in [0.25, 0.3) is 0 Å². The maximum Gasteiger partial charge on any atom is 0.227 e. The van der Waals surface area contributed by atoms with E-state index in [1.165, 1.54) is 0 Å². The summed E-state index contributed by atoms with van der Waals surface area (Å²) in [5, 5.41) is 5.72. The summed E-state index contributed by atoms with van der Waals surface area (Å²) in [6.07, 6.45) is 4.17. The molecule has 5 heteroatoms. The highest BCUT2D eigenvalue weighted by atomic mass is 16.2. The number of hydrogen-bond acceptors (Lipinski definition) is 3. The van der Waals surface area contributed by atoms with Crippen LogP contribution in [0.1, 0.15) is 52.9 Å². The summed E-state index contributed by atoms with van der Waals surface area (Å²) in [7, 11) is 0. The fraction of sp³-hybridized carbons (Fsp3) is 0.857. The van der Waals surface area contributed by atoms with E-state index in [2.05, 4.69) is 10.6 Å². The average Bonchev–Trinajstić information content (AvgIpc) is 2.76. The molecule has 1 saturated carbocycles. The van der Waals surface area contributed by atoms with Crippen molar-refractivity contribution in [2.75, 3.05) is 13.1 Å². The van der Waals surface area contributed by atoms with Crippen LogP contribution in [0.5, 0.6) is 0 Å². The second-order valence-electron chi connectivity index (χ2n) is 6.50. The molecule has 0 aromatic heterocycles. The Morgan fingerprint density at radius 3 is 2.26 bits per heavy atom. The molecule has 0 atom stereocenters. The fourth-order valence-electron chi connectivity index (χ4n) is 2.53. The summed E-state index contributed by atoms with van der Waals surface area (Å²) in [5.41, 5.74) is 5.12. The Labute approximate surface area is 115 Å². The molecule has 110 valence electrons. The first kappa shape index (κ1) is 16.0. The Kier molecular flexibility index (Phi) is 5.35. The lowest BCUT2D eigenvalue weighted by Gasteiger charge is -2.26. The average molecular weight is 269 g/mol. The van der Waals surface area contributed by atoms with Gasteiger partial charge in [-0.25, -0.2) is 0 Å². The zero-order chi connectivity index (χ0) is 14.5. The highest BCUT2D eigenvalue weighted by Gasteiger charge is 2.39. The van der Waals surface area contributed by atoms with E-state index in [0.29, 0.717) is 19.5 Å². The number of hydrogen-bond donors (Lipinski definition) is 3. The molecule has 0 bridgehead atoms. The summed E-state index contributed by atoms with van der Waals surface area (Å²) >= 11 is 0. The van der Waals surface area contributed by atoms with E-state index < -0.39 is 0 Å². The van der Waals surface area contributed by atoms with Crippen LogP contribution >= 0.6 is 0 Å². The van der Waals surface area contributed by atoms with Crippen LogP contribution in [0.2, 0.25) is 0 Å². The van der Waals surface area contributed by atoms with Gasteiger partial charge in [0.05, 0.1) is 5.41 Å². The Morgan fingerprint density at radius 2 is 1.79 bits per heavy atom. The van der Waals surface area contributed by atoms with Crippen molar-refractivity contribution in [3.63, 3.8) is 0 Å². The molecule has 2 amide bonds. The fourth-order valence-corrected chi connectivity index (χ4v) is 2.53. The standard InChI is InChI=1S/C14H27N3O2/c1-13(2,3)17-11(18)6-9-16-12(19)14(10-15)7-4-5-8-14/h4-10,15H2,1-3H3,(H,16,19)(H,17,18). The van der Waals surface area contributed by atoms with Gasteiger partial charge < -0.3 is 16.4 Å². The van der Waals surface area contributed by atoms with E-state index in [9.17, 15) is 9.59 Å². The third-order valence-corrected chi connectivity index (χ3v) is 3.59. The lowest BCUT2D eigenvalue weighted by molar-refractivity contribution is -0.130. The molecule has 19 heavy (non-hydrogen) atoms. The minimum atomic E-state index is -0.388. The molecule has 0 radical (unpaired) electrons. The summed E-state index contributed by atoms with van der Waals surface area (Å²) in [5.74, 6) is -0.0305. The van der Waals surface area contributed by atoms with Gasteiger partial charge in [0, 0.05) is 25.0 Å². The van der Waals surface area contributed by atoms with Crippen LogP contribution in [0, 0.1) is 5.41 Å². The molecule has 0 heterocycles. The Morgan fingerprint density at radius 1 is 1.21 bits per heavy atom. The Hall–Kier alpha value is -1.10. The number of carbonyl (C=O) groups excluding carboxylic acids is 2. The van der Waals surface area contributed by atoms with E-state index in [1.54, 1.807) is 0 Å². The lowest BCUT2D eigenvalue weighted by atomic mass is 9.85. The summed E-state index contributed by atoms with van der Waals surface area (Å²) in [6, 6.07) is 0. The van der Waals surface area contributed by atoms with E-state index in [1.807, 2.05) is 20.8 Å². The van der Waals surface area contributed by atoms with Crippen LogP contribution in [0.3, 0.4) is 0 Å². The number of carbonyl (C=O) groups is 2. The first-order valence-electron chi connectivity index (χ1n) is 7.08. The van der Waals surface area contributed by atoms with Crippen LogP contribution in [-0.2, 0) is 9.59 Å². The normalized spacial score (nSPS) is 18.1. The van der Waals surface area contributed by atoms with Gasteiger partial charge in [0.1, 0.15) is 0 Å². The molecule has 0 saturated heterocycles. The number of amides is 2. The highest BCUT2D eigenvalue weighted by Crippen LogP contribution is 2.37. The quantitative estimate of drug-likeness (QED) is 0.694. The zero-order valence-corrected chi connectivity index (χ0v) is 12.3. The highest BCUT2D eigenvalue weighted by molar-refractivity contribution is 5.84. The van der Waals surface area contributed by atoms with Gasteiger partial charge >= 0.3 is 0 Å². The molecule has 1 fully saturated rings. The van der Waals surface area contributed by atoms with Crippen molar-refractivity contribution in [2.45, 2.75) is 58.4 Å². The van der Waals surface area contributed by atoms with Crippen molar-refractivity contribution >= 4 is 11.8 Å². The summed E-state index contributed by atoms with van der Waals surface area (Å²) in [4.78, 5) is 23.8. The van der Waals surface area contributed by atoms with Gasteiger partial charge in [0.15, 0.2) is 0 Å². The summed E-state index contributed by atoms with van der Waals surface area (Å²) in [6.45, 7) is 6.58. The predicted molar refractivity (Wildman–Crippen MR) is 75.5 cm³/mol. The van der Waals surface area contributed by atoms with Crippen LogP contribution in [0.4, 0.5) is 0 Å². The molecule has 1 aliphatic rings. The minimum absolute atomic E-state index is 0.0102. The van der Waals surface area contributed by atoms with Gasteiger partial charge in [0.2, 0.25) is 11.8 Å². The Bertz CT molecular complexity index is 328. The van der Waals surface area contributed by atoms with Crippen molar-refractivity contribution in [2.24, 2.45) is 11.1 Å². The third kappa shape index (κ3) is 4.82. The van der Waals surface area contributed by atoms with Crippen molar-refractivity contribution in [3.05, 3.63) is 0 Å². The maximum atomic E-state index is 12.1. The SMILES string of the molecule is CC(C)(C)NC(=O)CCNC(=O)C1(CN)CCCC1. The number of rotatable bonds is 5. The predicted octanol–water partition coefficient (Wildman–Crippen LogP) is 0.927. The number of nitrogens with two attached hydrogens (primary N) is 1. The molecule has 4 N–H and O–H groups in total. The minimum Gasteiger partial charge on any atom is -0.355 e. The molecule has 0 spiro atoms. The van der Waals surface area contributed by atoms with Gasteiger partial charge in [-0.2, -0.15) is 0 Å². The van der Waals surface area contributed by atoms with Crippen LogP contribution in [0.25, 0.3) is 0 Å². The van der Waals surface area contributed by atoms with Crippen molar-refractivity contribution in [1.82, 2.24) is 10.6 Å². The monoisotopic (exact) mass is 269 g/mol. The van der Waals surface area contributed by atoms with Gasteiger partial charge in [-0.1, -0.05) is 12.8 Å². The van der Waals surface area contributed by atoms with Crippen molar-refractivity contribution < 1.29 is 9.59 Å². The first-order chi connectivity index (χ1) is 8.79. The topological polar surface area (TPSA) is 84.2 Å². The third-order valence-electron chi connectivity index (χ3n) is 3.59. The van der Waals surface area contributed by atoms with Crippen molar-refractivity contribution in [3.8, 4) is 0 Å². The molecule has 1 rings (SSSR count). The van der Waals surface area contributed by atoms with Gasteiger partial charge in [-0.3, -0.25) is 9.59 Å². The molecule has 0 aliphatic heterocycles. The molecule has 0 unspecified atom stereocenters. The molecule has 1 aliphatic carbocycles. The van der Waals surface area contributed by atoms with Crippen LogP contribution in [-0.4, -0.2) is 30.4 Å². The molecule has 0 aromatic carbocycles. The van der Waals surface area contributed by atoms with E-state index in [0.717, 1.165) is 25.7 Å². The molecule has 0 aromatic rings. The molecular weight excluding hydrogens is 242 g/mol. The van der Waals surface area contributed by atoms with Crippen molar-refractivity contribution in [1.29, 1.82) is 0 Å². The lowest BCUT2D eigenvalue weighted by Crippen LogP contribution is -2.46. The van der Waals surface area contributed by atoms with E-state index >= 15 is 0 Å². The first-order valence-corrected chi connectivity index (χ1v) is 7.08. The maximum absolute atomic E-state index is 12.1. The van der Waals surface area contributed by atoms with Gasteiger partial charge in [-0.15, -0.1) is 0 Å². The molecule has 5 nitrogen and oxygen atoms in total. The second-order valence-corrected chi connectivity index (χ2v) is 6.50. The van der Waals surface area contributed by atoms with E-state index in [-0.39, 0.29) is 22.8 Å². The smallest absolute Gasteiger partial charge is 0.227 e. The molecular formula is C14H27N3O2. The van der Waals surface area contributed by atoms with Crippen LogP contribution in [0.15, 0.2) is 0 Å². The zero-order valence-electron chi connectivity index (χ0n) is 12.3. The largest absolute Gasteiger partial charge is 0.355 e. The number of nitrogens with one attached hydrogen (secondary N) is 2. The van der Waals surface area contributed by atoms with Gasteiger partial charge in [-0.05, 0) is 33.6 Å². The summed E-state index contributed by atoms with van der Waals surface area (Å²) < 4.78 is 0. The van der Waals surface area contributed by atoms with E-state index in [4.69, 9.17) is 5.73 Å².